The second-order valence-electron chi connectivity index (χ2n) is 8.41. The Morgan fingerprint density at radius 1 is 0.969 bits per heavy atom. The van der Waals surface area contributed by atoms with Gasteiger partial charge in [-0.05, 0) is 42.7 Å². The van der Waals surface area contributed by atoms with Gasteiger partial charge in [-0.15, -0.1) is 0 Å². The molecule has 0 aliphatic carbocycles. The lowest BCUT2D eigenvalue weighted by Crippen LogP contribution is -2.26. The van der Waals surface area contributed by atoms with Crippen LogP contribution in [0.5, 0.6) is 5.75 Å². The Balaban J connectivity index is 1.47. The molecule has 0 fully saturated rings. The van der Waals surface area contributed by atoms with Crippen LogP contribution in [-0.4, -0.2) is 29.1 Å². The molecule has 32 heavy (non-hydrogen) atoms. The first-order valence-corrected chi connectivity index (χ1v) is 12.0. The quantitative estimate of drug-likeness (QED) is 0.331. The van der Waals surface area contributed by atoms with Crippen LogP contribution < -0.4 is 10.1 Å². The molecule has 1 aromatic heterocycles. The molecule has 1 N–H and O–H groups in total. The summed E-state index contributed by atoms with van der Waals surface area (Å²) < 4.78 is 7.55. The average Bonchev–Trinajstić information content (AvgIpc) is 3.17. The van der Waals surface area contributed by atoms with E-state index in [4.69, 9.17) is 9.72 Å². The number of hydrogen-bond donors (Lipinski definition) is 1. The fourth-order valence-corrected chi connectivity index (χ4v) is 4.08. The van der Waals surface area contributed by atoms with Crippen LogP contribution in [0.1, 0.15) is 63.3 Å². The molecule has 0 spiro atoms. The minimum atomic E-state index is 0.0516. The maximum absolute atomic E-state index is 12.3. The van der Waals surface area contributed by atoms with E-state index in [9.17, 15) is 4.79 Å². The summed E-state index contributed by atoms with van der Waals surface area (Å²) in [6.07, 6.45) is 9.88. The predicted molar refractivity (Wildman–Crippen MR) is 131 cm³/mol. The lowest BCUT2D eigenvalue weighted by atomic mass is 10.1. The third-order valence-electron chi connectivity index (χ3n) is 5.89. The number of carbonyl (C=O) groups is 1. The molecule has 1 amide bonds. The zero-order valence-corrected chi connectivity index (χ0v) is 19.6. The smallest absolute Gasteiger partial charge is 0.224 e. The van der Waals surface area contributed by atoms with E-state index in [1.807, 2.05) is 30.3 Å². The third-order valence-corrected chi connectivity index (χ3v) is 5.89. The highest BCUT2D eigenvalue weighted by Crippen LogP contribution is 2.19. The van der Waals surface area contributed by atoms with Crippen molar-refractivity contribution in [2.45, 2.75) is 71.3 Å². The second kappa shape index (κ2) is 12.9. The first-order valence-electron chi connectivity index (χ1n) is 12.0. The maximum atomic E-state index is 12.3. The number of nitrogens with zero attached hydrogens (tertiary/aromatic N) is 2. The molecule has 3 rings (SSSR count). The van der Waals surface area contributed by atoms with Crippen molar-refractivity contribution in [1.82, 2.24) is 14.9 Å². The lowest BCUT2D eigenvalue weighted by Gasteiger charge is -2.10. The highest BCUT2D eigenvalue weighted by molar-refractivity contribution is 5.78. The second-order valence-corrected chi connectivity index (χ2v) is 8.41. The van der Waals surface area contributed by atoms with Crippen LogP contribution in [0.3, 0.4) is 0 Å². The number of hydrogen-bond acceptors (Lipinski definition) is 3. The first-order chi connectivity index (χ1) is 15.7. The number of benzene rings is 2. The molecule has 0 unspecified atom stereocenters. The number of fused-ring (bicyclic) bond motifs is 1. The molecule has 0 atom stereocenters. The van der Waals surface area contributed by atoms with Crippen LogP contribution in [0, 0.1) is 0 Å². The van der Waals surface area contributed by atoms with E-state index in [2.05, 4.69) is 35.0 Å². The van der Waals surface area contributed by atoms with Crippen molar-refractivity contribution in [3.05, 3.63) is 59.9 Å². The fraction of sp³-hybridized carbons (Fsp3) is 0.481. The number of ether oxygens (including phenoxy) is 1. The molecule has 5 heteroatoms. The Kier molecular flexibility index (Phi) is 9.60. The molecular weight excluding hydrogens is 398 g/mol. The zero-order chi connectivity index (χ0) is 22.6. The summed E-state index contributed by atoms with van der Waals surface area (Å²) in [4.78, 5) is 17.2. The standard InChI is InChI=1S/C27H37N3O2/c1-3-4-5-6-7-10-20-30-25-13-9-8-12-24(25)29-26(30)14-11-19-28-27(31)21-22-15-17-23(32-2)18-16-22/h8-9,12-13,15-18H,3-7,10-11,14,19-21H2,1-2H3,(H,28,31). The van der Waals surface area contributed by atoms with Gasteiger partial charge in [0.25, 0.3) is 0 Å². The number of imidazole rings is 1. The number of para-hydroxylation sites is 2. The van der Waals surface area contributed by atoms with Crippen molar-refractivity contribution in [3.63, 3.8) is 0 Å². The molecule has 0 radical (unpaired) electrons. The molecule has 5 nitrogen and oxygen atoms in total. The SMILES string of the molecule is CCCCCCCCn1c(CCCNC(=O)Cc2ccc(OC)cc2)nc2ccccc21. The van der Waals surface area contributed by atoms with Crippen molar-refractivity contribution in [2.75, 3.05) is 13.7 Å². The summed E-state index contributed by atoms with van der Waals surface area (Å²) in [5, 5.41) is 3.05. The fourth-order valence-electron chi connectivity index (χ4n) is 4.08. The molecule has 0 bridgehead atoms. The highest BCUT2D eigenvalue weighted by atomic mass is 16.5. The van der Waals surface area contributed by atoms with Gasteiger partial charge in [0.2, 0.25) is 5.91 Å². The monoisotopic (exact) mass is 435 g/mol. The van der Waals surface area contributed by atoms with Crippen LogP contribution in [0.2, 0.25) is 0 Å². The number of methoxy groups -OCH3 is 1. The molecule has 0 saturated heterocycles. The molecule has 172 valence electrons. The van der Waals surface area contributed by atoms with E-state index in [0.717, 1.165) is 42.0 Å². The first kappa shape index (κ1) is 23.8. The van der Waals surface area contributed by atoms with E-state index in [1.165, 1.54) is 44.0 Å². The van der Waals surface area contributed by atoms with E-state index in [-0.39, 0.29) is 5.91 Å². The molecule has 0 aliphatic heterocycles. The van der Waals surface area contributed by atoms with Crippen molar-refractivity contribution in [1.29, 1.82) is 0 Å². The number of amides is 1. The van der Waals surface area contributed by atoms with E-state index in [1.54, 1.807) is 7.11 Å². The summed E-state index contributed by atoms with van der Waals surface area (Å²) in [5.41, 5.74) is 3.28. The molecule has 3 aromatic rings. The van der Waals surface area contributed by atoms with Crippen molar-refractivity contribution < 1.29 is 9.53 Å². The summed E-state index contributed by atoms with van der Waals surface area (Å²) in [6.45, 7) is 3.94. The van der Waals surface area contributed by atoms with Crippen LogP contribution >= 0.6 is 0 Å². The summed E-state index contributed by atoms with van der Waals surface area (Å²) in [7, 11) is 1.64. The van der Waals surface area contributed by atoms with Gasteiger partial charge >= 0.3 is 0 Å². The lowest BCUT2D eigenvalue weighted by molar-refractivity contribution is -0.120. The Labute approximate surface area is 192 Å². The minimum absolute atomic E-state index is 0.0516. The summed E-state index contributed by atoms with van der Waals surface area (Å²) in [6, 6.07) is 16.0. The van der Waals surface area contributed by atoms with E-state index >= 15 is 0 Å². The normalized spacial score (nSPS) is 11.1. The Morgan fingerprint density at radius 2 is 1.72 bits per heavy atom. The van der Waals surface area contributed by atoms with Gasteiger partial charge < -0.3 is 14.6 Å². The molecule has 1 heterocycles. The van der Waals surface area contributed by atoms with Crippen molar-refractivity contribution >= 4 is 16.9 Å². The Hall–Kier alpha value is -2.82. The van der Waals surface area contributed by atoms with Gasteiger partial charge in [-0.3, -0.25) is 4.79 Å². The third kappa shape index (κ3) is 7.11. The van der Waals surface area contributed by atoms with Gasteiger partial charge in [-0.25, -0.2) is 4.98 Å². The Bertz CT molecular complexity index is 963. The van der Waals surface area contributed by atoms with Crippen molar-refractivity contribution in [2.24, 2.45) is 0 Å². The predicted octanol–water partition coefficient (Wildman–Crippen LogP) is 5.70. The number of aryl methyl sites for hydroxylation is 2. The molecular formula is C27H37N3O2. The largest absolute Gasteiger partial charge is 0.497 e. The van der Waals surface area contributed by atoms with Crippen LogP contribution in [-0.2, 0) is 24.2 Å². The summed E-state index contributed by atoms with van der Waals surface area (Å²) in [5.74, 6) is 1.98. The number of unbranched alkanes of at least 4 members (excludes halogenated alkanes) is 5. The number of nitrogens with one attached hydrogen (secondary N) is 1. The number of carbonyl (C=O) groups excluding carboxylic acids is 1. The summed E-state index contributed by atoms with van der Waals surface area (Å²) >= 11 is 0. The maximum Gasteiger partial charge on any atom is 0.224 e. The van der Waals surface area contributed by atoms with Gasteiger partial charge in [0.05, 0.1) is 24.6 Å². The van der Waals surface area contributed by atoms with Gasteiger partial charge in [-0.1, -0.05) is 63.3 Å². The van der Waals surface area contributed by atoms with Crippen LogP contribution in [0.4, 0.5) is 0 Å². The van der Waals surface area contributed by atoms with Gasteiger partial charge in [0, 0.05) is 19.5 Å². The highest BCUT2D eigenvalue weighted by Gasteiger charge is 2.10. The van der Waals surface area contributed by atoms with Crippen molar-refractivity contribution in [3.8, 4) is 5.75 Å². The zero-order valence-electron chi connectivity index (χ0n) is 19.6. The molecule has 2 aromatic carbocycles. The number of aromatic nitrogens is 2. The van der Waals surface area contributed by atoms with E-state index < -0.39 is 0 Å². The van der Waals surface area contributed by atoms with Gasteiger partial charge in [0.15, 0.2) is 0 Å². The van der Waals surface area contributed by atoms with Gasteiger partial charge in [-0.2, -0.15) is 0 Å². The molecule has 0 saturated carbocycles. The minimum Gasteiger partial charge on any atom is -0.497 e. The molecule has 0 aliphatic rings. The topological polar surface area (TPSA) is 56.2 Å². The number of rotatable bonds is 14. The van der Waals surface area contributed by atoms with Gasteiger partial charge in [0.1, 0.15) is 11.6 Å². The Morgan fingerprint density at radius 3 is 2.50 bits per heavy atom. The van der Waals surface area contributed by atoms with E-state index in [0.29, 0.717) is 13.0 Å². The average molecular weight is 436 g/mol. The van der Waals surface area contributed by atoms with Crippen LogP contribution in [0.15, 0.2) is 48.5 Å². The van der Waals surface area contributed by atoms with Crippen LogP contribution in [0.25, 0.3) is 11.0 Å².